The van der Waals surface area contributed by atoms with Crippen molar-refractivity contribution in [2.24, 2.45) is 11.8 Å². The van der Waals surface area contributed by atoms with Crippen LogP contribution in [0.2, 0.25) is 0 Å². The number of amides is 2. The Hall–Kier alpha value is -1.99. The first-order chi connectivity index (χ1) is 14.5. The summed E-state index contributed by atoms with van der Waals surface area (Å²) in [6, 6.07) is 4.42. The van der Waals surface area contributed by atoms with Crippen LogP contribution in [-0.4, -0.2) is 71.0 Å². The van der Waals surface area contributed by atoms with E-state index in [0.29, 0.717) is 19.4 Å². The number of fused-ring (bicyclic) bond motifs is 1. The quantitative estimate of drug-likeness (QED) is 0.737. The molecule has 4 rings (SSSR count). The van der Waals surface area contributed by atoms with Gasteiger partial charge in [0.15, 0.2) is 0 Å². The van der Waals surface area contributed by atoms with E-state index < -0.39 is 0 Å². The molecule has 7 nitrogen and oxygen atoms in total. The summed E-state index contributed by atoms with van der Waals surface area (Å²) in [4.78, 5) is 34.0. The predicted octanol–water partition coefficient (Wildman–Crippen LogP) is 1.82. The Morgan fingerprint density at radius 1 is 1.27 bits per heavy atom. The van der Waals surface area contributed by atoms with Crippen molar-refractivity contribution in [2.45, 2.75) is 64.3 Å². The van der Waals surface area contributed by atoms with Gasteiger partial charge in [0.1, 0.15) is 0 Å². The summed E-state index contributed by atoms with van der Waals surface area (Å²) < 4.78 is 6.13. The summed E-state index contributed by atoms with van der Waals surface area (Å²) in [7, 11) is 0. The molecule has 0 bridgehead atoms. The van der Waals surface area contributed by atoms with Crippen molar-refractivity contribution in [3.05, 3.63) is 30.1 Å². The van der Waals surface area contributed by atoms with Gasteiger partial charge in [0.05, 0.1) is 19.1 Å². The van der Waals surface area contributed by atoms with Gasteiger partial charge in [-0.2, -0.15) is 0 Å². The molecule has 0 aromatic carbocycles. The standard InChI is InChI=1S/C23H34N4O3/c1-16(2)25-21(28)11-20-23-18(10-22(29)26-8-3-4-9-26)14-27(19(23)15-30-20)13-17-6-5-7-24-12-17/h5-7,12,16,18-20,23H,3-4,8-11,13-15H2,1-2H3,(H,25,28)/t18-,19-,20+,23-/m1/s1. The molecule has 0 saturated carbocycles. The van der Waals surface area contributed by atoms with E-state index in [1.165, 1.54) is 5.56 Å². The number of pyridine rings is 1. The number of hydrogen-bond donors (Lipinski definition) is 1. The van der Waals surface area contributed by atoms with E-state index in [2.05, 4.69) is 21.3 Å². The average molecular weight is 415 g/mol. The minimum absolute atomic E-state index is 0.0333. The molecule has 30 heavy (non-hydrogen) atoms. The van der Waals surface area contributed by atoms with Crippen LogP contribution >= 0.6 is 0 Å². The van der Waals surface area contributed by atoms with E-state index >= 15 is 0 Å². The van der Waals surface area contributed by atoms with Crippen LogP contribution in [0.4, 0.5) is 0 Å². The SMILES string of the molecule is CC(C)NC(=O)C[C@@H]1OC[C@@H]2[C@H]1[C@H](CC(=O)N1CCCC1)CN2Cc1cccnc1. The van der Waals surface area contributed by atoms with E-state index in [1.54, 1.807) is 6.20 Å². The third-order valence-electron chi connectivity index (χ3n) is 6.68. The summed E-state index contributed by atoms with van der Waals surface area (Å²) in [5.74, 6) is 0.730. The third-order valence-corrected chi connectivity index (χ3v) is 6.68. The second-order valence-corrected chi connectivity index (χ2v) is 9.29. The van der Waals surface area contributed by atoms with Crippen LogP contribution in [0.3, 0.4) is 0 Å². The molecule has 1 aromatic heterocycles. The lowest BCUT2D eigenvalue weighted by molar-refractivity contribution is -0.131. The monoisotopic (exact) mass is 414 g/mol. The molecule has 0 radical (unpaired) electrons. The zero-order chi connectivity index (χ0) is 21.1. The summed E-state index contributed by atoms with van der Waals surface area (Å²) in [5, 5.41) is 2.98. The van der Waals surface area contributed by atoms with Crippen molar-refractivity contribution in [2.75, 3.05) is 26.2 Å². The van der Waals surface area contributed by atoms with Gasteiger partial charge in [-0.3, -0.25) is 19.5 Å². The lowest BCUT2D eigenvalue weighted by atomic mass is 9.84. The zero-order valence-corrected chi connectivity index (χ0v) is 18.1. The summed E-state index contributed by atoms with van der Waals surface area (Å²) in [6.07, 6.45) is 6.71. The molecule has 3 saturated heterocycles. The first-order valence-corrected chi connectivity index (χ1v) is 11.3. The number of ether oxygens (including phenoxy) is 1. The summed E-state index contributed by atoms with van der Waals surface area (Å²) >= 11 is 0. The van der Waals surface area contributed by atoms with E-state index in [1.807, 2.05) is 31.0 Å². The number of hydrogen-bond acceptors (Lipinski definition) is 5. The van der Waals surface area contributed by atoms with E-state index in [9.17, 15) is 9.59 Å². The Kier molecular flexibility index (Phi) is 6.68. The molecule has 3 aliphatic heterocycles. The molecule has 1 N–H and O–H groups in total. The fraction of sp³-hybridized carbons (Fsp3) is 0.696. The fourth-order valence-electron chi connectivity index (χ4n) is 5.40. The van der Waals surface area contributed by atoms with E-state index in [-0.39, 0.29) is 41.8 Å². The molecule has 0 spiro atoms. The van der Waals surface area contributed by atoms with Crippen LogP contribution < -0.4 is 5.32 Å². The summed E-state index contributed by atoms with van der Waals surface area (Å²) in [6.45, 7) is 8.01. The number of likely N-dealkylation sites (tertiary alicyclic amines) is 2. The van der Waals surface area contributed by atoms with Crippen molar-refractivity contribution < 1.29 is 14.3 Å². The minimum atomic E-state index is -0.121. The second kappa shape index (κ2) is 9.43. The number of aromatic nitrogens is 1. The van der Waals surface area contributed by atoms with Crippen molar-refractivity contribution in [1.29, 1.82) is 0 Å². The number of rotatable bonds is 7. The van der Waals surface area contributed by atoms with Gasteiger partial charge in [0.25, 0.3) is 0 Å². The molecule has 4 heterocycles. The molecule has 0 aliphatic carbocycles. The maximum Gasteiger partial charge on any atom is 0.222 e. The highest BCUT2D eigenvalue weighted by Gasteiger charge is 2.51. The van der Waals surface area contributed by atoms with Crippen LogP contribution in [0, 0.1) is 11.8 Å². The first kappa shape index (κ1) is 21.2. The highest BCUT2D eigenvalue weighted by Crippen LogP contribution is 2.42. The number of nitrogens with one attached hydrogen (secondary N) is 1. The maximum absolute atomic E-state index is 12.9. The van der Waals surface area contributed by atoms with Crippen LogP contribution in [0.1, 0.15) is 45.1 Å². The van der Waals surface area contributed by atoms with Gasteiger partial charge in [0.2, 0.25) is 11.8 Å². The largest absolute Gasteiger partial charge is 0.376 e. The molecule has 7 heteroatoms. The molecule has 3 fully saturated rings. The molecule has 0 unspecified atom stereocenters. The Morgan fingerprint density at radius 3 is 2.77 bits per heavy atom. The van der Waals surface area contributed by atoms with Gasteiger partial charge >= 0.3 is 0 Å². The third kappa shape index (κ3) is 4.83. The van der Waals surface area contributed by atoms with Gasteiger partial charge < -0.3 is 15.0 Å². The first-order valence-electron chi connectivity index (χ1n) is 11.3. The van der Waals surface area contributed by atoms with Gasteiger partial charge in [-0.1, -0.05) is 6.07 Å². The predicted molar refractivity (Wildman–Crippen MR) is 113 cm³/mol. The Bertz CT molecular complexity index is 735. The number of carbonyl (C=O) groups is 2. The Labute approximate surface area is 179 Å². The minimum Gasteiger partial charge on any atom is -0.376 e. The van der Waals surface area contributed by atoms with Gasteiger partial charge in [-0.15, -0.1) is 0 Å². The molecule has 1 aromatic rings. The van der Waals surface area contributed by atoms with Crippen LogP contribution in [0.5, 0.6) is 0 Å². The van der Waals surface area contributed by atoms with Crippen LogP contribution in [-0.2, 0) is 20.9 Å². The number of carbonyl (C=O) groups excluding carboxylic acids is 2. The Morgan fingerprint density at radius 2 is 2.07 bits per heavy atom. The molecular weight excluding hydrogens is 380 g/mol. The van der Waals surface area contributed by atoms with Crippen LogP contribution in [0.25, 0.3) is 0 Å². The fourth-order valence-corrected chi connectivity index (χ4v) is 5.40. The molecule has 164 valence electrons. The topological polar surface area (TPSA) is 74.8 Å². The summed E-state index contributed by atoms with van der Waals surface area (Å²) in [5.41, 5.74) is 1.17. The zero-order valence-electron chi connectivity index (χ0n) is 18.1. The average Bonchev–Trinajstić information content (AvgIpc) is 3.43. The van der Waals surface area contributed by atoms with Crippen molar-refractivity contribution in [3.8, 4) is 0 Å². The molecule has 3 aliphatic rings. The molecular formula is C23H34N4O3. The Balaban J connectivity index is 1.47. The normalized spacial score (nSPS) is 28.8. The van der Waals surface area contributed by atoms with Gasteiger partial charge in [-0.25, -0.2) is 0 Å². The van der Waals surface area contributed by atoms with Crippen molar-refractivity contribution in [1.82, 2.24) is 20.1 Å². The maximum atomic E-state index is 12.9. The number of nitrogens with zero attached hydrogens (tertiary/aromatic N) is 3. The smallest absolute Gasteiger partial charge is 0.222 e. The van der Waals surface area contributed by atoms with Gasteiger partial charge in [-0.05, 0) is 44.2 Å². The highest BCUT2D eigenvalue weighted by molar-refractivity contribution is 5.77. The lowest BCUT2D eigenvalue weighted by Gasteiger charge is -2.25. The van der Waals surface area contributed by atoms with Crippen molar-refractivity contribution in [3.63, 3.8) is 0 Å². The lowest BCUT2D eigenvalue weighted by Crippen LogP contribution is -2.37. The van der Waals surface area contributed by atoms with Crippen LogP contribution in [0.15, 0.2) is 24.5 Å². The van der Waals surface area contributed by atoms with Gasteiger partial charge in [0, 0.05) is 63.0 Å². The molecule has 4 atom stereocenters. The second-order valence-electron chi connectivity index (χ2n) is 9.29. The van der Waals surface area contributed by atoms with E-state index in [0.717, 1.165) is 39.0 Å². The highest BCUT2D eigenvalue weighted by atomic mass is 16.5. The van der Waals surface area contributed by atoms with Crippen molar-refractivity contribution >= 4 is 11.8 Å². The van der Waals surface area contributed by atoms with E-state index in [4.69, 9.17) is 4.74 Å². The molecule has 2 amide bonds.